The quantitative estimate of drug-likeness (QED) is 0.131. The van der Waals surface area contributed by atoms with Gasteiger partial charge in [-0.25, -0.2) is 26.8 Å². The first-order valence-electron chi connectivity index (χ1n) is 21.4. The largest absolute Gasteiger partial charge is 0.498 e. The minimum Gasteiger partial charge on any atom is -0.458 e. The molecule has 2 aromatic heterocycles. The topological polar surface area (TPSA) is 223 Å². The number of fused-ring (bicyclic) bond motifs is 2. The molecule has 1 radical (unpaired) electrons. The summed E-state index contributed by atoms with van der Waals surface area (Å²) in [5.41, 5.74) is 3.51. The molecule has 1 fully saturated rings. The fraction of sp³-hybridized carbons (Fsp3) is 0.304. The zero-order valence-corrected chi connectivity index (χ0v) is 43.8. The molecule has 24 heteroatoms. The molecule has 4 aromatic carbocycles. The molecule has 70 heavy (non-hydrogen) atoms. The van der Waals surface area contributed by atoms with E-state index in [0.29, 0.717) is 87.9 Å². The van der Waals surface area contributed by atoms with E-state index >= 15 is 0 Å². The number of nitrogens with one attached hydrogen (secondary N) is 4. The predicted molar refractivity (Wildman–Crippen MR) is 275 cm³/mol. The number of amides is 2. The predicted octanol–water partition coefficient (Wildman–Crippen LogP) is 5.16. The third-order valence-corrected chi connectivity index (χ3v) is 13.0. The Morgan fingerprint density at radius 3 is 1.61 bits per heavy atom. The first-order valence-corrected chi connectivity index (χ1v) is 26.0. The fourth-order valence-electron chi connectivity index (χ4n) is 7.42. The van der Waals surface area contributed by atoms with Gasteiger partial charge < -0.3 is 38.6 Å². The standard InChI is InChI=1S/C20H20N4O4S.C19H24BNO5S.C7H8BrN3O.BH4.V/c1-13-18-20(25)21-10-11-24(18)19(22-13)16-12-14(23-29(2,26)27)8-9-17(16)28-15-6-4-3-5-7-15;1-18(2)19(3,4)26-20(25-18)16-13-14(21-27(5,22)23)11-12-17(16)24-15-9-7-6-8-10-15;1-4-5-6(12)9-2-3-11(5)7(8)10-4;;/h3-9,12,23H,10-11H2,1-2H3,(H,21,25);6-13,21H,1-5H3;2-3H2,1H3,(H,9,12);1H4;/q;;;-1;. The smallest absolute Gasteiger partial charge is 0.458 e. The third-order valence-electron chi connectivity index (χ3n) is 11.2. The molecule has 1 saturated heterocycles. The van der Waals surface area contributed by atoms with Gasteiger partial charge in [0, 0.05) is 61.6 Å². The van der Waals surface area contributed by atoms with Crippen molar-refractivity contribution in [2.75, 3.05) is 35.0 Å². The van der Waals surface area contributed by atoms with Gasteiger partial charge in [0.2, 0.25) is 20.0 Å². The maximum absolute atomic E-state index is 12.3. The average molecular weight is 1100 g/mol. The molecule has 371 valence electrons. The van der Waals surface area contributed by atoms with Gasteiger partial charge in [-0.2, -0.15) is 0 Å². The number of hydrogen-bond donors (Lipinski definition) is 4. The van der Waals surface area contributed by atoms with Crippen LogP contribution in [0, 0.1) is 13.8 Å². The number of carbonyl (C=O) groups is 2. The monoisotopic (exact) mass is 1100 g/mol. The molecule has 0 spiro atoms. The maximum atomic E-state index is 12.3. The van der Waals surface area contributed by atoms with Crippen molar-refractivity contribution in [1.82, 2.24) is 29.7 Å². The van der Waals surface area contributed by atoms with Gasteiger partial charge in [-0.3, -0.25) is 19.0 Å². The van der Waals surface area contributed by atoms with E-state index in [-0.39, 0.29) is 38.8 Å². The number of carbonyl (C=O) groups excluding carboxylic acids is 2. The van der Waals surface area contributed by atoms with E-state index in [9.17, 15) is 26.4 Å². The Morgan fingerprint density at radius 2 is 1.11 bits per heavy atom. The number of rotatable bonds is 10. The Kier molecular flexibility index (Phi) is 17.6. The summed E-state index contributed by atoms with van der Waals surface area (Å²) in [5.74, 6) is 2.69. The van der Waals surface area contributed by atoms with Crippen LogP contribution in [0.2, 0.25) is 0 Å². The summed E-state index contributed by atoms with van der Waals surface area (Å²) in [7, 11) is -7.54. The van der Waals surface area contributed by atoms with Gasteiger partial charge in [0.15, 0.2) is 4.73 Å². The van der Waals surface area contributed by atoms with Crippen LogP contribution in [-0.4, -0.2) is 100 Å². The number of anilines is 2. The Morgan fingerprint density at radius 1 is 0.671 bits per heavy atom. The minimum atomic E-state index is -3.45. The van der Waals surface area contributed by atoms with Crippen molar-refractivity contribution in [2.45, 2.75) is 65.8 Å². The molecule has 3 aliphatic rings. The zero-order chi connectivity index (χ0) is 49.2. The average Bonchev–Trinajstić information content (AvgIpc) is 3.84. The van der Waals surface area contributed by atoms with Crippen LogP contribution in [0.4, 0.5) is 11.4 Å². The van der Waals surface area contributed by atoms with Gasteiger partial charge in [-0.15, -0.1) is 0 Å². The van der Waals surface area contributed by atoms with Crippen molar-refractivity contribution in [3.05, 3.63) is 125 Å². The van der Waals surface area contributed by atoms with Crippen LogP contribution in [0.15, 0.2) is 102 Å². The van der Waals surface area contributed by atoms with E-state index in [4.69, 9.17) is 18.8 Å². The third kappa shape index (κ3) is 13.2. The Balaban J connectivity index is 0.000000207. The summed E-state index contributed by atoms with van der Waals surface area (Å²) in [5, 5.41) is 5.59. The van der Waals surface area contributed by atoms with Crippen LogP contribution >= 0.6 is 15.9 Å². The van der Waals surface area contributed by atoms with E-state index < -0.39 is 38.4 Å². The summed E-state index contributed by atoms with van der Waals surface area (Å²) < 4.78 is 80.3. The van der Waals surface area contributed by atoms with Gasteiger partial charge in [-0.05, 0) is 118 Å². The van der Waals surface area contributed by atoms with Crippen LogP contribution in [0.1, 0.15) is 60.1 Å². The molecule has 0 aliphatic carbocycles. The summed E-state index contributed by atoms with van der Waals surface area (Å²) >= 11 is 3.30. The van der Waals surface area contributed by atoms with E-state index in [0.717, 1.165) is 29.5 Å². The Hall–Kier alpha value is -5.55. The number of sulfonamides is 2. The van der Waals surface area contributed by atoms with E-state index in [1.54, 1.807) is 43.3 Å². The van der Waals surface area contributed by atoms with Crippen LogP contribution in [-0.2, 0) is 61.0 Å². The number of para-hydroxylation sites is 2. The number of aryl methyl sites for hydroxylation is 2. The molecule has 18 nitrogen and oxygen atoms in total. The number of aromatic nitrogens is 4. The molecule has 0 saturated carbocycles. The van der Waals surface area contributed by atoms with Gasteiger partial charge in [0.25, 0.3) is 11.8 Å². The molecule has 0 unspecified atom stereocenters. The molecular weight excluding hydrogens is 1040 g/mol. The molecular formula is C46H56B2BrN8O10S2V-. The zero-order valence-electron chi connectivity index (χ0n) is 39.2. The minimum absolute atomic E-state index is 0. The van der Waals surface area contributed by atoms with Gasteiger partial charge in [0.1, 0.15) is 40.2 Å². The molecule has 3 aliphatic heterocycles. The summed E-state index contributed by atoms with van der Waals surface area (Å²) in [6.07, 6.45) is 2.20. The summed E-state index contributed by atoms with van der Waals surface area (Å²) in [4.78, 5) is 32.4. The fourth-order valence-corrected chi connectivity index (χ4v) is 9.15. The summed E-state index contributed by atoms with van der Waals surface area (Å²) in [6.45, 7) is 14.0. The van der Waals surface area contributed by atoms with E-state index in [2.05, 4.69) is 46.0 Å². The molecule has 9 rings (SSSR count). The normalized spacial score (nSPS) is 15.4. The Labute approximate surface area is 430 Å². The number of nitrogens with zero attached hydrogens (tertiary/aromatic N) is 4. The van der Waals surface area contributed by atoms with Crippen LogP contribution in [0.3, 0.4) is 0 Å². The number of benzene rings is 4. The van der Waals surface area contributed by atoms with Gasteiger partial charge in [0.05, 0.1) is 40.7 Å². The molecule has 2 amide bonds. The Bertz CT molecular complexity index is 3070. The molecule has 5 heterocycles. The van der Waals surface area contributed by atoms with Crippen LogP contribution < -0.4 is 35.0 Å². The van der Waals surface area contributed by atoms with E-state index in [1.165, 1.54) is 0 Å². The second-order valence-corrected chi connectivity index (χ2v) is 21.3. The SMILES string of the molecule is CC1(C)OB(c2cc(NS(C)(=O)=O)ccc2Oc2ccccc2)OC1(C)C.Cc1nc(-c2cc(NS(C)(=O)=O)ccc2Oc2ccccc2)n2c1C(=O)NCC2.Cc1nc(Br)n2c1C(=O)NCC2.[BH4-].[V]. The molecule has 6 aromatic rings. The van der Waals surface area contributed by atoms with Gasteiger partial charge >= 0.3 is 7.12 Å². The van der Waals surface area contributed by atoms with Gasteiger partial charge in [-0.1, -0.05) is 44.8 Å². The number of hydrogen-bond acceptors (Lipinski definition) is 12. The van der Waals surface area contributed by atoms with Crippen molar-refractivity contribution in [3.63, 3.8) is 0 Å². The van der Waals surface area contributed by atoms with E-state index in [1.807, 2.05) is 104 Å². The number of halogens is 1. The van der Waals surface area contributed by atoms with Crippen LogP contribution in [0.5, 0.6) is 23.0 Å². The second kappa shape index (κ2) is 22.3. The number of ether oxygens (including phenoxy) is 2. The molecule has 0 bridgehead atoms. The first-order chi connectivity index (χ1) is 32.0. The first kappa shape index (κ1) is 55.4. The van der Waals surface area contributed by atoms with Crippen molar-refractivity contribution >= 4 is 80.2 Å². The summed E-state index contributed by atoms with van der Waals surface area (Å²) in [6, 6.07) is 28.6. The molecule has 4 N–H and O–H groups in total. The van der Waals surface area contributed by atoms with Crippen molar-refractivity contribution < 1.29 is 63.8 Å². The molecule has 0 atom stereocenters. The van der Waals surface area contributed by atoms with Crippen molar-refractivity contribution in [1.29, 1.82) is 0 Å². The maximum Gasteiger partial charge on any atom is 0.498 e. The van der Waals surface area contributed by atoms with Crippen LogP contribution in [0.25, 0.3) is 11.4 Å². The van der Waals surface area contributed by atoms with Crippen molar-refractivity contribution in [2.24, 2.45) is 0 Å². The number of imidazole rings is 2. The van der Waals surface area contributed by atoms with Crippen molar-refractivity contribution in [3.8, 4) is 34.4 Å². The second-order valence-electron chi connectivity index (χ2n) is 17.1.